The lowest BCUT2D eigenvalue weighted by Gasteiger charge is -2.26. The predicted molar refractivity (Wildman–Crippen MR) is 83.4 cm³/mol. The van der Waals surface area contributed by atoms with Crippen molar-refractivity contribution in [2.45, 2.75) is 57.0 Å². The number of nitrogens with two attached hydrogens (primary N) is 1. The average Bonchev–Trinajstić information content (AvgIpc) is 2.88. The van der Waals surface area contributed by atoms with Gasteiger partial charge < -0.3 is 11.1 Å². The van der Waals surface area contributed by atoms with Crippen molar-refractivity contribution in [2.75, 3.05) is 0 Å². The number of halogens is 1. The summed E-state index contributed by atoms with van der Waals surface area (Å²) in [4.78, 5) is 12.3. The van der Waals surface area contributed by atoms with E-state index >= 15 is 0 Å². The SMILES string of the molecule is Cl.NC1CCC(NC(=O)c2ccc3c(c2)CCC3)CC1. The van der Waals surface area contributed by atoms with Crippen LogP contribution in [0, 0.1) is 0 Å². The predicted octanol–water partition coefficient (Wildman–Crippen LogP) is 2.60. The van der Waals surface area contributed by atoms with E-state index in [1.165, 1.54) is 17.5 Å². The number of benzene rings is 1. The number of amides is 1. The summed E-state index contributed by atoms with van der Waals surface area (Å²) in [5.74, 6) is 0.0789. The summed E-state index contributed by atoms with van der Waals surface area (Å²) < 4.78 is 0. The van der Waals surface area contributed by atoms with Crippen molar-refractivity contribution in [1.29, 1.82) is 0 Å². The third-order valence-electron chi connectivity index (χ3n) is 4.47. The van der Waals surface area contributed by atoms with Crippen LogP contribution in [0.1, 0.15) is 53.6 Å². The molecule has 3 N–H and O–H groups in total. The van der Waals surface area contributed by atoms with Crippen molar-refractivity contribution >= 4 is 18.3 Å². The third-order valence-corrected chi connectivity index (χ3v) is 4.47. The van der Waals surface area contributed by atoms with Gasteiger partial charge in [0.1, 0.15) is 0 Å². The molecule has 0 atom stereocenters. The van der Waals surface area contributed by atoms with Crippen LogP contribution >= 0.6 is 12.4 Å². The lowest BCUT2D eigenvalue weighted by atomic mass is 9.91. The summed E-state index contributed by atoms with van der Waals surface area (Å²) >= 11 is 0. The molecule has 1 saturated carbocycles. The lowest BCUT2D eigenvalue weighted by molar-refractivity contribution is 0.0926. The molecular formula is C16H23ClN2O. The maximum Gasteiger partial charge on any atom is 0.251 e. The Bertz CT molecular complexity index is 481. The second kappa shape index (κ2) is 6.59. The van der Waals surface area contributed by atoms with Gasteiger partial charge >= 0.3 is 0 Å². The molecule has 2 aliphatic carbocycles. The highest BCUT2D eigenvalue weighted by Crippen LogP contribution is 2.23. The quantitative estimate of drug-likeness (QED) is 0.881. The maximum atomic E-state index is 12.3. The Labute approximate surface area is 126 Å². The molecule has 0 spiro atoms. The minimum absolute atomic E-state index is 0. The Morgan fingerprint density at radius 3 is 2.55 bits per heavy atom. The van der Waals surface area contributed by atoms with Gasteiger partial charge in [0.2, 0.25) is 0 Å². The number of hydrogen-bond acceptors (Lipinski definition) is 2. The molecule has 0 bridgehead atoms. The molecule has 1 amide bonds. The highest BCUT2D eigenvalue weighted by molar-refractivity contribution is 5.94. The van der Waals surface area contributed by atoms with Crippen molar-refractivity contribution in [3.05, 3.63) is 34.9 Å². The first-order valence-electron chi connectivity index (χ1n) is 7.40. The van der Waals surface area contributed by atoms with E-state index in [-0.39, 0.29) is 18.3 Å². The molecule has 2 aliphatic rings. The van der Waals surface area contributed by atoms with Crippen molar-refractivity contribution in [1.82, 2.24) is 5.32 Å². The molecule has 0 heterocycles. The number of rotatable bonds is 2. The number of carbonyl (C=O) groups excluding carboxylic acids is 1. The molecule has 0 saturated heterocycles. The van der Waals surface area contributed by atoms with Crippen LogP contribution in [0.2, 0.25) is 0 Å². The van der Waals surface area contributed by atoms with E-state index in [1.54, 1.807) is 0 Å². The Morgan fingerprint density at radius 1 is 1.10 bits per heavy atom. The third kappa shape index (κ3) is 3.33. The molecule has 3 rings (SSSR count). The van der Waals surface area contributed by atoms with Gasteiger partial charge in [0, 0.05) is 17.6 Å². The van der Waals surface area contributed by atoms with Gasteiger partial charge in [0.15, 0.2) is 0 Å². The van der Waals surface area contributed by atoms with Gasteiger partial charge in [-0.2, -0.15) is 0 Å². The van der Waals surface area contributed by atoms with Gasteiger partial charge in [-0.1, -0.05) is 6.07 Å². The zero-order valence-corrected chi connectivity index (χ0v) is 12.5. The molecule has 1 fully saturated rings. The molecular weight excluding hydrogens is 272 g/mol. The highest BCUT2D eigenvalue weighted by atomic mass is 35.5. The molecule has 20 heavy (non-hydrogen) atoms. The van der Waals surface area contributed by atoms with Gasteiger partial charge in [-0.05, 0) is 68.2 Å². The molecule has 0 unspecified atom stereocenters. The monoisotopic (exact) mass is 294 g/mol. The van der Waals surface area contributed by atoms with Crippen molar-refractivity contribution < 1.29 is 4.79 Å². The second-order valence-electron chi connectivity index (χ2n) is 5.92. The Kier molecular flexibility index (Phi) is 5.06. The largest absolute Gasteiger partial charge is 0.349 e. The van der Waals surface area contributed by atoms with Crippen molar-refractivity contribution in [3.63, 3.8) is 0 Å². The Morgan fingerprint density at radius 2 is 1.80 bits per heavy atom. The number of aryl methyl sites for hydroxylation is 2. The van der Waals surface area contributed by atoms with Crippen LogP contribution in [0.25, 0.3) is 0 Å². The van der Waals surface area contributed by atoms with E-state index in [0.717, 1.165) is 44.1 Å². The number of carbonyl (C=O) groups is 1. The van der Waals surface area contributed by atoms with Gasteiger partial charge in [0.05, 0.1) is 0 Å². The van der Waals surface area contributed by atoms with E-state index in [9.17, 15) is 4.79 Å². The average molecular weight is 295 g/mol. The Hall–Kier alpha value is -1.06. The normalized spacial score (nSPS) is 24.6. The first kappa shape index (κ1) is 15.3. The smallest absolute Gasteiger partial charge is 0.251 e. The van der Waals surface area contributed by atoms with Gasteiger partial charge in [-0.25, -0.2) is 0 Å². The molecule has 0 radical (unpaired) electrons. The summed E-state index contributed by atoms with van der Waals surface area (Å²) in [7, 11) is 0. The number of hydrogen-bond donors (Lipinski definition) is 2. The number of fused-ring (bicyclic) bond motifs is 1. The van der Waals surface area contributed by atoms with E-state index < -0.39 is 0 Å². The van der Waals surface area contributed by atoms with Gasteiger partial charge in [-0.15, -0.1) is 12.4 Å². The van der Waals surface area contributed by atoms with Gasteiger partial charge in [0.25, 0.3) is 5.91 Å². The fourth-order valence-corrected chi connectivity index (χ4v) is 3.25. The molecule has 0 aromatic heterocycles. The standard InChI is InChI=1S/C16H22N2O.ClH/c17-14-6-8-15(9-7-14)18-16(19)13-5-4-11-2-1-3-12(11)10-13;/h4-5,10,14-15H,1-3,6-9,17H2,(H,18,19);1H. The zero-order chi connectivity index (χ0) is 13.2. The first-order valence-corrected chi connectivity index (χ1v) is 7.40. The molecule has 1 aromatic carbocycles. The van der Waals surface area contributed by atoms with Crippen molar-refractivity contribution in [3.8, 4) is 0 Å². The fraction of sp³-hybridized carbons (Fsp3) is 0.562. The number of nitrogens with one attached hydrogen (secondary N) is 1. The summed E-state index contributed by atoms with van der Waals surface area (Å²) in [6.07, 6.45) is 7.58. The van der Waals surface area contributed by atoms with E-state index in [0.29, 0.717) is 12.1 Å². The molecule has 0 aliphatic heterocycles. The second-order valence-corrected chi connectivity index (χ2v) is 5.92. The van der Waals surface area contributed by atoms with Crippen LogP contribution in [0.4, 0.5) is 0 Å². The van der Waals surface area contributed by atoms with Gasteiger partial charge in [-0.3, -0.25) is 4.79 Å². The van der Waals surface area contributed by atoms with Crippen molar-refractivity contribution in [2.24, 2.45) is 5.73 Å². The zero-order valence-electron chi connectivity index (χ0n) is 11.7. The molecule has 3 nitrogen and oxygen atoms in total. The van der Waals surface area contributed by atoms with Crippen LogP contribution < -0.4 is 11.1 Å². The summed E-state index contributed by atoms with van der Waals surface area (Å²) in [6.45, 7) is 0. The minimum Gasteiger partial charge on any atom is -0.349 e. The Balaban J connectivity index is 0.00000147. The van der Waals surface area contributed by atoms with Crippen LogP contribution in [0.3, 0.4) is 0 Å². The van der Waals surface area contributed by atoms with Crippen LogP contribution in [-0.2, 0) is 12.8 Å². The fourth-order valence-electron chi connectivity index (χ4n) is 3.25. The summed E-state index contributed by atoms with van der Waals surface area (Å²) in [6, 6.07) is 6.79. The topological polar surface area (TPSA) is 55.1 Å². The van der Waals surface area contributed by atoms with E-state index in [4.69, 9.17) is 5.73 Å². The van der Waals surface area contributed by atoms with E-state index in [1.807, 2.05) is 6.07 Å². The maximum absolute atomic E-state index is 12.3. The molecule has 110 valence electrons. The van der Waals surface area contributed by atoms with Crippen LogP contribution in [0.5, 0.6) is 0 Å². The minimum atomic E-state index is 0. The highest BCUT2D eigenvalue weighted by Gasteiger charge is 2.21. The molecule has 4 heteroatoms. The van der Waals surface area contributed by atoms with Crippen LogP contribution in [-0.4, -0.2) is 18.0 Å². The lowest BCUT2D eigenvalue weighted by Crippen LogP contribution is -2.40. The first-order chi connectivity index (χ1) is 9.22. The van der Waals surface area contributed by atoms with E-state index in [2.05, 4.69) is 17.4 Å². The van der Waals surface area contributed by atoms with Crippen LogP contribution in [0.15, 0.2) is 18.2 Å². The summed E-state index contributed by atoms with van der Waals surface area (Å²) in [5.41, 5.74) is 9.48. The summed E-state index contributed by atoms with van der Waals surface area (Å²) in [5, 5.41) is 3.15. The molecule has 1 aromatic rings.